The molecule has 238 valence electrons. The van der Waals surface area contributed by atoms with Gasteiger partial charge in [0.05, 0.1) is 22.1 Å². The molecule has 0 aliphatic carbocycles. The van der Waals surface area contributed by atoms with Gasteiger partial charge in [0, 0.05) is 53.0 Å². The van der Waals surface area contributed by atoms with Crippen LogP contribution in [0.5, 0.6) is 0 Å². The van der Waals surface area contributed by atoms with Gasteiger partial charge in [-0.2, -0.15) is 0 Å². The van der Waals surface area contributed by atoms with Gasteiger partial charge < -0.3 is 8.98 Å². The van der Waals surface area contributed by atoms with E-state index in [1.54, 1.807) is 0 Å². The molecule has 0 atom stereocenters. The molecular weight excluding hydrogens is 645 g/mol. The lowest BCUT2D eigenvalue weighted by atomic mass is 10.1. The van der Waals surface area contributed by atoms with E-state index >= 15 is 0 Å². The fraction of sp³-hybridized carbons (Fsp3) is 0. The minimum atomic E-state index is 0.582. The summed E-state index contributed by atoms with van der Waals surface area (Å²) in [5.74, 6) is 1.82. The first-order valence-corrected chi connectivity index (χ1v) is 17.8. The Labute approximate surface area is 295 Å². The minimum Gasteiger partial charge on any atom is -0.456 e. The largest absolute Gasteiger partial charge is 0.456 e. The highest BCUT2D eigenvalue weighted by molar-refractivity contribution is 7.26. The van der Waals surface area contributed by atoms with Gasteiger partial charge in [0.25, 0.3) is 0 Å². The van der Waals surface area contributed by atoms with E-state index in [0.717, 1.165) is 49.8 Å². The molecule has 4 heterocycles. The van der Waals surface area contributed by atoms with Gasteiger partial charge in [-0.3, -0.25) is 0 Å². The summed E-state index contributed by atoms with van der Waals surface area (Å²) >= 11 is 1.84. The smallest absolute Gasteiger partial charge is 0.164 e. The normalized spacial score (nSPS) is 11.9. The molecule has 11 aromatic rings. The van der Waals surface area contributed by atoms with Crippen LogP contribution in [0.15, 0.2) is 162 Å². The second-order valence-electron chi connectivity index (χ2n) is 12.8. The number of aromatic nitrogens is 4. The van der Waals surface area contributed by atoms with Crippen molar-refractivity contribution >= 4 is 75.3 Å². The minimum absolute atomic E-state index is 0.582. The van der Waals surface area contributed by atoms with Gasteiger partial charge in [0.15, 0.2) is 17.5 Å². The Kier molecular flexibility index (Phi) is 6.05. The summed E-state index contributed by atoms with van der Waals surface area (Å²) in [5, 5.41) is 7.05. The standard InChI is InChI=1S/C45H26N4OS/c1-3-13-27(14-4-1)43-46-44(28-15-5-2-6-16-28)48-45(47-43)29-25-35(40-32-18-8-11-21-36(32)50-37(40)26-29)49-34-20-10-7-17-30(34)31-23-24-39-41(42(31)49)33-19-9-12-22-38(33)51-39/h1-26H. The van der Waals surface area contributed by atoms with Crippen molar-refractivity contribution in [3.05, 3.63) is 158 Å². The Balaban J connectivity index is 1.29. The Morgan fingerprint density at radius 2 is 1.04 bits per heavy atom. The first-order chi connectivity index (χ1) is 25.3. The van der Waals surface area contributed by atoms with E-state index in [1.165, 1.54) is 36.5 Å². The molecular formula is C45H26N4OS. The van der Waals surface area contributed by atoms with Gasteiger partial charge in [0.2, 0.25) is 0 Å². The van der Waals surface area contributed by atoms with E-state index in [1.807, 2.05) is 84.1 Å². The number of furan rings is 1. The third-order valence-electron chi connectivity index (χ3n) is 9.83. The molecule has 0 amide bonds. The molecule has 0 saturated carbocycles. The van der Waals surface area contributed by atoms with Crippen molar-refractivity contribution in [2.75, 3.05) is 0 Å². The maximum atomic E-state index is 6.67. The lowest BCUT2D eigenvalue weighted by molar-refractivity contribution is 0.669. The quantitative estimate of drug-likeness (QED) is 0.187. The second-order valence-corrected chi connectivity index (χ2v) is 13.9. The highest BCUT2D eigenvalue weighted by Crippen LogP contribution is 2.45. The van der Waals surface area contributed by atoms with Crippen molar-refractivity contribution in [1.82, 2.24) is 19.5 Å². The molecule has 7 aromatic carbocycles. The first-order valence-electron chi connectivity index (χ1n) is 16.9. The predicted molar refractivity (Wildman–Crippen MR) is 211 cm³/mol. The van der Waals surface area contributed by atoms with Crippen molar-refractivity contribution in [2.24, 2.45) is 0 Å². The molecule has 0 aliphatic heterocycles. The Bertz CT molecular complexity index is 3080. The Hall–Kier alpha value is -6.63. The van der Waals surface area contributed by atoms with E-state index in [-0.39, 0.29) is 0 Å². The van der Waals surface area contributed by atoms with Crippen LogP contribution < -0.4 is 0 Å². The topological polar surface area (TPSA) is 56.7 Å². The fourth-order valence-electron chi connectivity index (χ4n) is 7.59. The van der Waals surface area contributed by atoms with Crippen LogP contribution in [-0.4, -0.2) is 19.5 Å². The van der Waals surface area contributed by atoms with E-state index in [0.29, 0.717) is 17.5 Å². The lowest BCUT2D eigenvalue weighted by Crippen LogP contribution is -2.01. The third kappa shape index (κ3) is 4.30. The second kappa shape index (κ2) is 10.9. The maximum Gasteiger partial charge on any atom is 0.164 e. The van der Waals surface area contributed by atoms with Crippen LogP contribution in [0.1, 0.15) is 0 Å². The van der Waals surface area contributed by atoms with Crippen LogP contribution >= 0.6 is 11.3 Å². The van der Waals surface area contributed by atoms with Crippen LogP contribution in [0.4, 0.5) is 0 Å². The first kappa shape index (κ1) is 28.2. The number of hydrogen-bond acceptors (Lipinski definition) is 5. The molecule has 0 fully saturated rings. The van der Waals surface area contributed by atoms with Crippen LogP contribution in [0.25, 0.3) is 104 Å². The average molecular weight is 671 g/mol. The number of benzene rings is 7. The molecule has 0 bridgehead atoms. The number of thiophene rings is 1. The molecule has 0 spiro atoms. The highest BCUT2D eigenvalue weighted by atomic mass is 32.1. The van der Waals surface area contributed by atoms with Crippen molar-refractivity contribution < 1.29 is 4.42 Å². The molecule has 5 nitrogen and oxygen atoms in total. The number of rotatable bonds is 4. The van der Waals surface area contributed by atoms with Crippen LogP contribution in [-0.2, 0) is 0 Å². The van der Waals surface area contributed by atoms with Gasteiger partial charge in [-0.1, -0.05) is 121 Å². The predicted octanol–water partition coefficient (Wildman–Crippen LogP) is 12.2. The van der Waals surface area contributed by atoms with Crippen molar-refractivity contribution in [3.63, 3.8) is 0 Å². The third-order valence-corrected chi connectivity index (χ3v) is 11.0. The van der Waals surface area contributed by atoms with Gasteiger partial charge in [0.1, 0.15) is 11.2 Å². The fourth-order valence-corrected chi connectivity index (χ4v) is 8.70. The zero-order valence-corrected chi connectivity index (χ0v) is 27.9. The molecule has 0 radical (unpaired) electrons. The summed E-state index contributed by atoms with van der Waals surface area (Å²) in [7, 11) is 0. The summed E-state index contributed by atoms with van der Waals surface area (Å²) in [5.41, 5.74) is 7.65. The molecule has 4 aromatic heterocycles. The van der Waals surface area contributed by atoms with E-state index in [9.17, 15) is 0 Å². The van der Waals surface area contributed by atoms with Gasteiger partial charge in [-0.15, -0.1) is 11.3 Å². The molecule has 11 rings (SSSR count). The van der Waals surface area contributed by atoms with E-state index < -0.39 is 0 Å². The Morgan fingerprint density at radius 3 is 1.78 bits per heavy atom. The number of fused-ring (bicyclic) bond motifs is 10. The zero-order chi connectivity index (χ0) is 33.5. The molecule has 51 heavy (non-hydrogen) atoms. The summed E-state index contributed by atoms with van der Waals surface area (Å²) in [6.07, 6.45) is 0. The van der Waals surface area contributed by atoms with Crippen LogP contribution in [0, 0.1) is 0 Å². The van der Waals surface area contributed by atoms with Gasteiger partial charge in [-0.05, 0) is 36.4 Å². The zero-order valence-electron chi connectivity index (χ0n) is 27.1. The number of para-hydroxylation sites is 2. The van der Waals surface area contributed by atoms with Crippen LogP contribution in [0.3, 0.4) is 0 Å². The maximum absolute atomic E-state index is 6.67. The summed E-state index contributed by atoms with van der Waals surface area (Å²) in [6.45, 7) is 0. The van der Waals surface area contributed by atoms with Crippen molar-refractivity contribution in [1.29, 1.82) is 0 Å². The van der Waals surface area contributed by atoms with Gasteiger partial charge >= 0.3 is 0 Å². The summed E-state index contributed by atoms with van der Waals surface area (Å²) in [6, 6.07) is 54.8. The van der Waals surface area contributed by atoms with E-state index in [2.05, 4.69) is 89.5 Å². The SMILES string of the molecule is c1ccc(-c2nc(-c3ccccc3)nc(-c3cc(-n4c5ccccc5c5ccc6sc7ccccc7c6c54)c4c(c3)oc3ccccc34)n2)cc1. The average Bonchev–Trinajstić information content (AvgIpc) is 3.87. The molecule has 0 aliphatic rings. The van der Waals surface area contributed by atoms with Crippen molar-refractivity contribution in [2.45, 2.75) is 0 Å². The van der Waals surface area contributed by atoms with Gasteiger partial charge in [-0.25, -0.2) is 15.0 Å². The summed E-state index contributed by atoms with van der Waals surface area (Å²) < 4.78 is 11.6. The van der Waals surface area contributed by atoms with Crippen molar-refractivity contribution in [3.8, 4) is 39.9 Å². The molecule has 6 heteroatoms. The molecule has 0 unspecified atom stereocenters. The number of nitrogens with zero attached hydrogens (tertiary/aromatic N) is 4. The highest BCUT2D eigenvalue weighted by Gasteiger charge is 2.23. The number of hydrogen-bond donors (Lipinski definition) is 0. The Morgan fingerprint density at radius 1 is 0.431 bits per heavy atom. The lowest BCUT2D eigenvalue weighted by Gasteiger charge is -2.14. The van der Waals surface area contributed by atoms with E-state index in [4.69, 9.17) is 19.4 Å². The molecule has 0 saturated heterocycles. The summed E-state index contributed by atoms with van der Waals surface area (Å²) in [4.78, 5) is 15.2. The molecule has 0 N–H and O–H groups in total. The monoisotopic (exact) mass is 670 g/mol. The van der Waals surface area contributed by atoms with Crippen LogP contribution in [0.2, 0.25) is 0 Å².